The maximum absolute atomic E-state index is 4.75. The summed E-state index contributed by atoms with van der Waals surface area (Å²) in [6.07, 6.45) is 3.06. The summed E-state index contributed by atoms with van der Waals surface area (Å²) in [4.78, 5) is 5.80. The fourth-order valence-corrected chi connectivity index (χ4v) is 2.53. The molecule has 0 aliphatic rings. The van der Waals surface area contributed by atoms with E-state index in [4.69, 9.17) is 4.99 Å². The van der Waals surface area contributed by atoms with Gasteiger partial charge in [0.15, 0.2) is 4.80 Å². The number of aryl methyl sites for hydroxylation is 4. The monoisotopic (exact) mass is 246 g/mol. The van der Waals surface area contributed by atoms with E-state index in [1.807, 2.05) is 13.2 Å². The predicted octanol–water partition coefficient (Wildman–Crippen LogP) is 3.50. The van der Waals surface area contributed by atoms with E-state index in [0.29, 0.717) is 0 Å². The second kappa shape index (κ2) is 4.88. The Morgan fingerprint density at radius 1 is 1.24 bits per heavy atom. The lowest BCUT2D eigenvalue weighted by atomic mass is 10.0. The summed E-state index contributed by atoms with van der Waals surface area (Å²) < 4.78 is 2.05. The molecule has 1 aromatic heterocycles. The molecule has 0 N–H and O–H groups in total. The SMILES string of the molecule is CCc1cc(C)c(C)cc1N=c1sccn1C. The zero-order valence-electron chi connectivity index (χ0n) is 10.8. The highest BCUT2D eigenvalue weighted by Crippen LogP contribution is 2.23. The third-order valence-corrected chi connectivity index (χ3v) is 3.90. The van der Waals surface area contributed by atoms with Crippen molar-refractivity contribution in [3.63, 3.8) is 0 Å². The Morgan fingerprint density at radius 2 is 1.94 bits per heavy atom. The first-order chi connectivity index (χ1) is 8.11. The van der Waals surface area contributed by atoms with E-state index in [9.17, 15) is 0 Å². The van der Waals surface area contributed by atoms with Crippen LogP contribution in [0.15, 0.2) is 28.7 Å². The molecule has 0 spiro atoms. The standard InChI is InChI=1S/C14H18N2S/c1-5-12-8-10(2)11(3)9-13(12)15-14-16(4)6-7-17-14/h6-9H,5H2,1-4H3. The third-order valence-electron chi connectivity index (χ3n) is 3.05. The molecule has 0 unspecified atom stereocenters. The molecule has 0 radical (unpaired) electrons. The number of hydrogen-bond donors (Lipinski definition) is 0. The van der Waals surface area contributed by atoms with Gasteiger partial charge in [0.2, 0.25) is 0 Å². The minimum atomic E-state index is 1.02. The number of nitrogens with zero attached hydrogens (tertiary/aromatic N) is 2. The van der Waals surface area contributed by atoms with Crippen LogP contribution in [0.5, 0.6) is 0 Å². The molecule has 17 heavy (non-hydrogen) atoms. The van der Waals surface area contributed by atoms with Gasteiger partial charge in [-0.2, -0.15) is 0 Å². The number of benzene rings is 1. The second-order valence-corrected chi connectivity index (χ2v) is 5.20. The summed E-state index contributed by atoms with van der Waals surface area (Å²) in [5, 5.41) is 2.06. The average molecular weight is 246 g/mol. The molecule has 2 nitrogen and oxygen atoms in total. The van der Waals surface area contributed by atoms with E-state index >= 15 is 0 Å². The Labute approximate surface area is 106 Å². The van der Waals surface area contributed by atoms with Crippen LogP contribution < -0.4 is 4.80 Å². The third kappa shape index (κ3) is 2.50. The topological polar surface area (TPSA) is 17.3 Å². The Bertz CT molecular complexity index is 591. The van der Waals surface area contributed by atoms with Crippen LogP contribution in [0.25, 0.3) is 0 Å². The fourth-order valence-electron chi connectivity index (χ4n) is 1.79. The molecule has 0 saturated carbocycles. The van der Waals surface area contributed by atoms with Gasteiger partial charge in [-0.25, -0.2) is 4.99 Å². The smallest absolute Gasteiger partial charge is 0.189 e. The summed E-state index contributed by atoms with van der Waals surface area (Å²) in [6.45, 7) is 6.48. The van der Waals surface area contributed by atoms with Crippen LogP contribution in [0.3, 0.4) is 0 Å². The minimum absolute atomic E-state index is 1.02. The van der Waals surface area contributed by atoms with E-state index in [1.165, 1.54) is 16.7 Å². The molecule has 0 fully saturated rings. The first-order valence-corrected chi connectivity index (χ1v) is 6.74. The van der Waals surface area contributed by atoms with Crippen LogP contribution in [0.1, 0.15) is 23.6 Å². The van der Waals surface area contributed by atoms with E-state index < -0.39 is 0 Å². The molecule has 90 valence electrons. The predicted molar refractivity (Wildman–Crippen MR) is 73.8 cm³/mol. The highest BCUT2D eigenvalue weighted by molar-refractivity contribution is 7.07. The molecule has 3 heteroatoms. The molecule has 0 aliphatic carbocycles. The lowest BCUT2D eigenvalue weighted by Gasteiger charge is -2.07. The van der Waals surface area contributed by atoms with Gasteiger partial charge in [0, 0.05) is 18.6 Å². The summed E-state index contributed by atoms with van der Waals surface area (Å²) in [5.74, 6) is 0. The highest BCUT2D eigenvalue weighted by Gasteiger charge is 2.03. The van der Waals surface area contributed by atoms with E-state index in [-0.39, 0.29) is 0 Å². The van der Waals surface area contributed by atoms with Crippen molar-refractivity contribution in [1.82, 2.24) is 4.57 Å². The van der Waals surface area contributed by atoms with Gasteiger partial charge in [0.25, 0.3) is 0 Å². The van der Waals surface area contributed by atoms with Crippen LogP contribution in [-0.2, 0) is 13.5 Å². The summed E-state index contributed by atoms with van der Waals surface area (Å²) in [6, 6.07) is 4.44. The van der Waals surface area contributed by atoms with Crippen LogP contribution >= 0.6 is 11.3 Å². The number of hydrogen-bond acceptors (Lipinski definition) is 2. The average Bonchev–Trinajstić information content (AvgIpc) is 2.69. The van der Waals surface area contributed by atoms with Crippen molar-refractivity contribution in [2.45, 2.75) is 27.2 Å². The van der Waals surface area contributed by atoms with Gasteiger partial charge in [-0.05, 0) is 43.0 Å². The van der Waals surface area contributed by atoms with Crippen molar-refractivity contribution in [2.24, 2.45) is 12.0 Å². The molecule has 0 saturated heterocycles. The number of aromatic nitrogens is 1. The molecule has 0 aliphatic heterocycles. The second-order valence-electron chi connectivity index (χ2n) is 4.33. The summed E-state index contributed by atoms with van der Waals surface area (Å²) >= 11 is 1.67. The molecular weight excluding hydrogens is 228 g/mol. The van der Waals surface area contributed by atoms with Gasteiger partial charge in [-0.3, -0.25) is 0 Å². The Kier molecular flexibility index (Phi) is 3.48. The minimum Gasteiger partial charge on any atom is -0.327 e. The normalized spacial score (nSPS) is 12.1. The molecule has 1 heterocycles. The van der Waals surface area contributed by atoms with Gasteiger partial charge in [0.1, 0.15) is 0 Å². The molecule has 2 aromatic rings. The van der Waals surface area contributed by atoms with Gasteiger partial charge in [0.05, 0.1) is 5.69 Å². The first-order valence-electron chi connectivity index (χ1n) is 5.86. The number of rotatable bonds is 2. The van der Waals surface area contributed by atoms with Crippen molar-refractivity contribution in [1.29, 1.82) is 0 Å². The van der Waals surface area contributed by atoms with Crippen molar-refractivity contribution in [3.05, 3.63) is 45.2 Å². The first kappa shape index (κ1) is 12.1. The van der Waals surface area contributed by atoms with Crippen molar-refractivity contribution in [3.8, 4) is 0 Å². The van der Waals surface area contributed by atoms with Crippen molar-refractivity contribution >= 4 is 17.0 Å². The lowest BCUT2D eigenvalue weighted by Crippen LogP contribution is -2.08. The molecular formula is C14H18N2S. The molecule has 1 aromatic carbocycles. The van der Waals surface area contributed by atoms with Crippen LogP contribution in [0.4, 0.5) is 5.69 Å². The van der Waals surface area contributed by atoms with E-state index in [1.54, 1.807) is 11.3 Å². The maximum Gasteiger partial charge on any atom is 0.189 e. The maximum atomic E-state index is 4.75. The Balaban J connectivity index is 2.60. The van der Waals surface area contributed by atoms with Crippen LogP contribution in [0.2, 0.25) is 0 Å². The van der Waals surface area contributed by atoms with Gasteiger partial charge in [-0.1, -0.05) is 13.0 Å². The van der Waals surface area contributed by atoms with E-state index in [0.717, 1.165) is 16.9 Å². The highest BCUT2D eigenvalue weighted by atomic mass is 32.1. The van der Waals surface area contributed by atoms with Crippen LogP contribution in [-0.4, -0.2) is 4.57 Å². The molecule has 0 bridgehead atoms. The molecule has 0 amide bonds. The van der Waals surface area contributed by atoms with Crippen molar-refractivity contribution < 1.29 is 0 Å². The fraction of sp³-hybridized carbons (Fsp3) is 0.357. The van der Waals surface area contributed by atoms with Crippen LogP contribution in [0, 0.1) is 13.8 Å². The summed E-state index contributed by atoms with van der Waals surface area (Å²) in [5.41, 5.74) is 5.08. The van der Waals surface area contributed by atoms with Gasteiger partial charge in [-0.15, -0.1) is 11.3 Å². The zero-order valence-corrected chi connectivity index (χ0v) is 11.6. The quantitative estimate of drug-likeness (QED) is 0.771. The van der Waals surface area contributed by atoms with E-state index in [2.05, 4.69) is 42.9 Å². The lowest BCUT2D eigenvalue weighted by molar-refractivity contribution is 0.872. The van der Waals surface area contributed by atoms with Gasteiger partial charge < -0.3 is 4.57 Å². The molecule has 2 rings (SSSR count). The van der Waals surface area contributed by atoms with Crippen molar-refractivity contribution in [2.75, 3.05) is 0 Å². The Morgan fingerprint density at radius 3 is 2.53 bits per heavy atom. The summed E-state index contributed by atoms with van der Waals surface area (Å²) in [7, 11) is 2.03. The van der Waals surface area contributed by atoms with Gasteiger partial charge >= 0.3 is 0 Å². The molecule has 0 atom stereocenters. The Hall–Kier alpha value is -1.35. The number of thiazole rings is 1. The zero-order chi connectivity index (χ0) is 12.4. The largest absolute Gasteiger partial charge is 0.327 e.